The summed E-state index contributed by atoms with van der Waals surface area (Å²) in [7, 11) is 1.70. The number of aryl methyl sites for hydroxylation is 3. The van der Waals surface area contributed by atoms with Crippen molar-refractivity contribution >= 4 is 34.7 Å². The molecule has 5 nitrogen and oxygen atoms in total. The van der Waals surface area contributed by atoms with Crippen LogP contribution >= 0.6 is 11.6 Å². The lowest BCUT2D eigenvalue weighted by atomic mass is 9.97. The standard InChI is InChI=1S/C22H23ClN2O3/c1-13-5-8-17(15(3)11-13)19-20(24(4)9-10-26)22(28)25(21(19)27)16-7-6-14(2)18(23)12-16/h5-8,11-12,26H,9-10H2,1-4H3. The fourth-order valence-electron chi connectivity index (χ4n) is 3.43. The predicted molar refractivity (Wildman–Crippen MR) is 111 cm³/mol. The highest BCUT2D eigenvalue weighted by molar-refractivity contribution is 6.45. The van der Waals surface area contributed by atoms with Gasteiger partial charge >= 0.3 is 0 Å². The molecule has 0 saturated carbocycles. The summed E-state index contributed by atoms with van der Waals surface area (Å²) in [6.45, 7) is 5.87. The molecular formula is C22H23ClN2O3. The van der Waals surface area contributed by atoms with Gasteiger partial charge in [-0.05, 0) is 49.6 Å². The van der Waals surface area contributed by atoms with E-state index in [2.05, 4.69) is 0 Å². The lowest BCUT2D eigenvalue weighted by Gasteiger charge is -2.20. The topological polar surface area (TPSA) is 60.9 Å². The normalized spacial score (nSPS) is 14.3. The first-order valence-electron chi connectivity index (χ1n) is 9.05. The highest BCUT2D eigenvalue weighted by Crippen LogP contribution is 2.36. The van der Waals surface area contributed by atoms with Crippen LogP contribution in [0.1, 0.15) is 22.3 Å². The number of rotatable bonds is 5. The summed E-state index contributed by atoms with van der Waals surface area (Å²) >= 11 is 6.23. The molecule has 1 heterocycles. The van der Waals surface area contributed by atoms with E-state index in [0.717, 1.165) is 21.6 Å². The van der Waals surface area contributed by atoms with Gasteiger partial charge in [0.1, 0.15) is 5.70 Å². The zero-order valence-corrected chi connectivity index (χ0v) is 17.2. The molecule has 0 aromatic heterocycles. The van der Waals surface area contributed by atoms with E-state index < -0.39 is 11.8 Å². The van der Waals surface area contributed by atoms with Crippen LogP contribution in [0.5, 0.6) is 0 Å². The maximum atomic E-state index is 13.4. The summed E-state index contributed by atoms with van der Waals surface area (Å²) in [5, 5.41) is 9.84. The van der Waals surface area contributed by atoms with Gasteiger partial charge in [-0.15, -0.1) is 0 Å². The van der Waals surface area contributed by atoms with Crippen LogP contribution in [0.15, 0.2) is 42.1 Å². The lowest BCUT2D eigenvalue weighted by Crippen LogP contribution is -2.34. The molecule has 0 atom stereocenters. The Labute approximate surface area is 169 Å². The highest BCUT2D eigenvalue weighted by Gasteiger charge is 2.42. The fourth-order valence-corrected chi connectivity index (χ4v) is 3.60. The van der Waals surface area contributed by atoms with Crippen molar-refractivity contribution in [2.45, 2.75) is 20.8 Å². The van der Waals surface area contributed by atoms with Crippen molar-refractivity contribution < 1.29 is 14.7 Å². The van der Waals surface area contributed by atoms with Crippen LogP contribution in [-0.4, -0.2) is 42.0 Å². The Bertz CT molecular complexity index is 997. The van der Waals surface area contributed by atoms with Crippen molar-refractivity contribution in [3.8, 4) is 0 Å². The maximum absolute atomic E-state index is 13.4. The number of aliphatic hydroxyl groups is 1. The van der Waals surface area contributed by atoms with E-state index in [9.17, 15) is 14.7 Å². The van der Waals surface area contributed by atoms with Crippen molar-refractivity contribution in [1.82, 2.24) is 4.90 Å². The molecule has 1 N–H and O–H groups in total. The SMILES string of the molecule is Cc1ccc(C2=C(N(C)CCO)C(=O)N(c3ccc(C)c(Cl)c3)C2=O)c(C)c1. The van der Waals surface area contributed by atoms with Crippen molar-refractivity contribution in [3.63, 3.8) is 0 Å². The number of carbonyl (C=O) groups excluding carboxylic acids is 2. The van der Waals surface area contributed by atoms with E-state index in [0.29, 0.717) is 21.8 Å². The molecule has 0 radical (unpaired) electrons. The minimum atomic E-state index is -0.421. The number of nitrogens with zero attached hydrogens (tertiary/aromatic N) is 2. The summed E-state index contributed by atoms with van der Waals surface area (Å²) in [6.07, 6.45) is 0. The van der Waals surface area contributed by atoms with E-state index in [-0.39, 0.29) is 18.8 Å². The molecule has 3 rings (SSSR count). The number of halogens is 1. The Morgan fingerprint density at radius 2 is 1.71 bits per heavy atom. The Morgan fingerprint density at radius 3 is 2.32 bits per heavy atom. The first-order chi connectivity index (χ1) is 13.3. The molecule has 1 aliphatic rings. The number of anilines is 1. The van der Waals surface area contributed by atoms with E-state index in [1.807, 2.05) is 39.0 Å². The molecule has 0 bridgehead atoms. The van der Waals surface area contributed by atoms with Gasteiger partial charge in [-0.2, -0.15) is 0 Å². The molecule has 146 valence electrons. The van der Waals surface area contributed by atoms with Crippen LogP contribution < -0.4 is 4.90 Å². The van der Waals surface area contributed by atoms with Gasteiger partial charge < -0.3 is 10.0 Å². The second-order valence-electron chi connectivity index (χ2n) is 7.07. The van der Waals surface area contributed by atoms with Crippen molar-refractivity contribution in [3.05, 3.63) is 69.4 Å². The van der Waals surface area contributed by atoms with Crippen LogP contribution in [-0.2, 0) is 9.59 Å². The molecule has 2 amide bonds. The fraction of sp³-hybridized carbons (Fsp3) is 0.273. The van der Waals surface area contributed by atoms with Gasteiger partial charge in [-0.25, -0.2) is 4.90 Å². The van der Waals surface area contributed by atoms with Crippen molar-refractivity contribution in [2.24, 2.45) is 0 Å². The number of hydrogen-bond acceptors (Lipinski definition) is 4. The summed E-state index contributed by atoms with van der Waals surface area (Å²) in [5.41, 5.74) is 4.62. The first kappa shape index (κ1) is 20.1. The second-order valence-corrected chi connectivity index (χ2v) is 7.47. The van der Waals surface area contributed by atoms with E-state index >= 15 is 0 Å². The number of carbonyl (C=O) groups is 2. The Hall–Kier alpha value is -2.63. The van der Waals surface area contributed by atoms with E-state index in [1.165, 1.54) is 0 Å². The molecular weight excluding hydrogens is 376 g/mol. The molecule has 0 saturated heterocycles. The van der Waals surface area contributed by atoms with Gasteiger partial charge in [0.2, 0.25) is 0 Å². The highest BCUT2D eigenvalue weighted by atomic mass is 35.5. The zero-order valence-electron chi connectivity index (χ0n) is 16.4. The van der Waals surface area contributed by atoms with Gasteiger partial charge in [0.05, 0.1) is 17.9 Å². The van der Waals surface area contributed by atoms with Gasteiger partial charge in [0, 0.05) is 18.6 Å². The van der Waals surface area contributed by atoms with Gasteiger partial charge in [-0.3, -0.25) is 9.59 Å². The third kappa shape index (κ3) is 3.43. The van der Waals surface area contributed by atoms with Crippen LogP contribution in [0.2, 0.25) is 5.02 Å². The van der Waals surface area contributed by atoms with Crippen LogP contribution in [0.4, 0.5) is 5.69 Å². The van der Waals surface area contributed by atoms with E-state index in [1.54, 1.807) is 30.1 Å². The van der Waals surface area contributed by atoms with Gasteiger partial charge in [-0.1, -0.05) is 41.4 Å². The number of amides is 2. The lowest BCUT2D eigenvalue weighted by molar-refractivity contribution is -0.120. The smallest absolute Gasteiger partial charge is 0.282 e. The molecule has 0 aliphatic carbocycles. The number of imide groups is 1. The van der Waals surface area contributed by atoms with Crippen LogP contribution in [0, 0.1) is 20.8 Å². The second kappa shape index (κ2) is 7.78. The average Bonchev–Trinajstić information content (AvgIpc) is 2.88. The monoisotopic (exact) mass is 398 g/mol. The summed E-state index contributed by atoms with van der Waals surface area (Å²) in [4.78, 5) is 29.4. The predicted octanol–water partition coefficient (Wildman–Crippen LogP) is 3.47. The first-order valence-corrected chi connectivity index (χ1v) is 9.43. The summed E-state index contributed by atoms with van der Waals surface area (Å²) in [6, 6.07) is 10.9. The molecule has 2 aromatic rings. The maximum Gasteiger partial charge on any atom is 0.282 e. The van der Waals surface area contributed by atoms with Gasteiger partial charge in [0.25, 0.3) is 11.8 Å². The molecule has 1 aliphatic heterocycles. The summed E-state index contributed by atoms with van der Waals surface area (Å²) in [5.74, 6) is -0.812. The summed E-state index contributed by atoms with van der Waals surface area (Å²) < 4.78 is 0. The minimum Gasteiger partial charge on any atom is -0.395 e. The molecule has 0 unspecified atom stereocenters. The number of hydrogen-bond donors (Lipinski definition) is 1. The molecule has 28 heavy (non-hydrogen) atoms. The minimum absolute atomic E-state index is 0.127. The Balaban J connectivity index is 2.18. The zero-order chi connectivity index (χ0) is 20.6. The van der Waals surface area contributed by atoms with E-state index in [4.69, 9.17) is 11.6 Å². The Morgan fingerprint density at radius 1 is 1.00 bits per heavy atom. The molecule has 6 heteroatoms. The quantitative estimate of drug-likeness (QED) is 0.783. The number of likely N-dealkylation sites (N-methyl/N-ethyl adjacent to an activating group) is 1. The van der Waals surface area contributed by atoms with Crippen molar-refractivity contribution in [2.75, 3.05) is 25.1 Å². The van der Waals surface area contributed by atoms with Gasteiger partial charge in [0.15, 0.2) is 0 Å². The van der Waals surface area contributed by atoms with Crippen molar-refractivity contribution in [1.29, 1.82) is 0 Å². The number of benzene rings is 2. The third-order valence-electron chi connectivity index (χ3n) is 4.94. The van der Waals surface area contributed by atoms with Crippen LogP contribution in [0.3, 0.4) is 0 Å². The molecule has 2 aromatic carbocycles. The Kier molecular flexibility index (Phi) is 5.59. The molecule has 0 fully saturated rings. The average molecular weight is 399 g/mol. The third-order valence-corrected chi connectivity index (χ3v) is 5.35. The largest absolute Gasteiger partial charge is 0.395 e. The molecule has 0 spiro atoms. The van der Waals surface area contributed by atoms with Crippen LogP contribution in [0.25, 0.3) is 5.57 Å². The number of aliphatic hydroxyl groups excluding tert-OH is 1.